The molecule has 0 spiro atoms. The molecule has 2 fully saturated rings. The normalized spacial score (nSPS) is 17.1. The molecule has 1 aliphatic heterocycles. The number of carbonyl (C=O) groups is 1. The predicted molar refractivity (Wildman–Crippen MR) is 94.3 cm³/mol. The molecule has 0 radical (unpaired) electrons. The quantitative estimate of drug-likeness (QED) is 0.918. The van der Waals surface area contributed by atoms with Gasteiger partial charge in [-0.2, -0.15) is 0 Å². The van der Waals surface area contributed by atoms with Gasteiger partial charge in [0.05, 0.1) is 18.1 Å². The van der Waals surface area contributed by atoms with E-state index in [2.05, 4.69) is 26.3 Å². The smallest absolute Gasteiger partial charge is 0.255 e. The van der Waals surface area contributed by atoms with Gasteiger partial charge in [0.2, 0.25) is 0 Å². The first-order chi connectivity index (χ1) is 11.8. The molecule has 2 heterocycles. The number of nitrogens with one attached hydrogen (secondary N) is 1. The van der Waals surface area contributed by atoms with Crippen molar-refractivity contribution in [2.24, 2.45) is 5.92 Å². The molecule has 1 saturated heterocycles. The van der Waals surface area contributed by atoms with Crippen LogP contribution in [0.2, 0.25) is 0 Å². The van der Waals surface area contributed by atoms with Gasteiger partial charge in [0.1, 0.15) is 5.82 Å². The van der Waals surface area contributed by atoms with E-state index in [1.807, 2.05) is 18.2 Å². The molecule has 5 nitrogen and oxygen atoms in total. The van der Waals surface area contributed by atoms with Crippen LogP contribution < -0.4 is 10.2 Å². The lowest BCUT2D eigenvalue weighted by molar-refractivity contribution is 0.102. The van der Waals surface area contributed by atoms with E-state index >= 15 is 0 Å². The van der Waals surface area contributed by atoms with Crippen LogP contribution >= 0.6 is 0 Å². The Morgan fingerprint density at radius 1 is 1.17 bits per heavy atom. The maximum Gasteiger partial charge on any atom is 0.255 e. The van der Waals surface area contributed by atoms with E-state index in [1.165, 1.54) is 25.7 Å². The Bertz CT molecular complexity index is 718. The van der Waals surface area contributed by atoms with Crippen molar-refractivity contribution in [2.75, 3.05) is 23.3 Å². The molecule has 1 aliphatic carbocycles. The Morgan fingerprint density at radius 3 is 2.62 bits per heavy atom. The fourth-order valence-electron chi connectivity index (χ4n) is 3.13. The minimum atomic E-state index is -0.116. The monoisotopic (exact) mass is 322 g/mol. The fraction of sp³-hybridized carbons (Fsp3) is 0.421. The summed E-state index contributed by atoms with van der Waals surface area (Å²) in [5.74, 6) is 1.51. The topological polar surface area (TPSA) is 58.1 Å². The second-order valence-electron chi connectivity index (χ2n) is 6.73. The van der Waals surface area contributed by atoms with Crippen LogP contribution in [0.3, 0.4) is 0 Å². The zero-order valence-corrected chi connectivity index (χ0v) is 13.7. The number of aromatic nitrogens is 2. The molecular weight excluding hydrogens is 300 g/mol. The Labute approximate surface area is 142 Å². The van der Waals surface area contributed by atoms with Crippen LogP contribution in [0.15, 0.2) is 36.7 Å². The van der Waals surface area contributed by atoms with Crippen LogP contribution in [-0.2, 0) is 6.42 Å². The van der Waals surface area contributed by atoms with Crippen LogP contribution in [0.25, 0.3) is 0 Å². The molecule has 1 N–H and O–H groups in total. The van der Waals surface area contributed by atoms with Crippen molar-refractivity contribution in [3.63, 3.8) is 0 Å². The molecule has 2 aromatic rings. The van der Waals surface area contributed by atoms with Gasteiger partial charge in [0.15, 0.2) is 0 Å². The third-order valence-corrected chi connectivity index (χ3v) is 4.71. The van der Waals surface area contributed by atoms with Crippen LogP contribution in [-0.4, -0.2) is 29.0 Å². The number of anilines is 2. The molecule has 4 rings (SSSR count). The van der Waals surface area contributed by atoms with Crippen molar-refractivity contribution in [1.82, 2.24) is 9.97 Å². The Kier molecular flexibility index (Phi) is 4.15. The van der Waals surface area contributed by atoms with Crippen molar-refractivity contribution in [1.29, 1.82) is 0 Å². The van der Waals surface area contributed by atoms with Crippen LogP contribution in [0.1, 0.15) is 41.9 Å². The van der Waals surface area contributed by atoms with Crippen LogP contribution in [0, 0.1) is 5.92 Å². The second-order valence-corrected chi connectivity index (χ2v) is 6.73. The molecule has 1 aromatic heterocycles. The zero-order valence-electron chi connectivity index (χ0n) is 13.7. The highest BCUT2D eigenvalue weighted by molar-refractivity contribution is 6.04. The molecule has 2 aliphatic rings. The molecule has 0 atom stereocenters. The average Bonchev–Trinajstić information content (AvgIpc) is 3.25. The van der Waals surface area contributed by atoms with Crippen molar-refractivity contribution in [3.05, 3.63) is 48.0 Å². The van der Waals surface area contributed by atoms with E-state index in [4.69, 9.17) is 0 Å². The number of hydrogen-bond donors (Lipinski definition) is 1. The highest BCUT2D eigenvalue weighted by atomic mass is 16.1. The van der Waals surface area contributed by atoms with Gasteiger partial charge >= 0.3 is 0 Å². The number of carbonyl (C=O) groups excluding carboxylic acids is 1. The minimum absolute atomic E-state index is 0.116. The van der Waals surface area contributed by atoms with Gasteiger partial charge in [-0.3, -0.25) is 4.79 Å². The molecule has 1 amide bonds. The first kappa shape index (κ1) is 15.1. The number of rotatable bonds is 5. The molecular formula is C19H22N4O. The van der Waals surface area contributed by atoms with Gasteiger partial charge in [-0.25, -0.2) is 9.97 Å². The summed E-state index contributed by atoms with van der Waals surface area (Å²) in [6.45, 7) is 2.14. The Morgan fingerprint density at radius 2 is 1.92 bits per heavy atom. The average molecular weight is 322 g/mol. The molecule has 24 heavy (non-hydrogen) atoms. The molecule has 0 bridgehead atoms. The van der Waals surface area contributed by atoms with E-state index in [1.54, 1.807) is 12.4 Å². The summed E-state index contributed by atoms with van der Waals surface area (Å²) in [6.07, 6.45) is 9.37. The Balaban J connectivity index is 1.42. The third-order valence-electron chi connectivity index (χ3n) is 4.71. The predicted octanol–water partition coefficient (Wildman–Crippen LogP) is 3.28. The first-order valence-electron chi connectivity index (χ1n) is 8.75. The SMILES string of the molecule is O=C(Nc1cnc(CC2CC2)nc1)c1cccc(N2CCCC2)c1. The van der Waals surface area contributed by atoms with Crippen molar-refractivity contribution >= 4 is 17.3 Å². The second kappa shape index (κ2) is 6.59. The maximum atomic E-state index is 12.5. The molecule has 124 valence electrons. The van der Waals surface area contributed by atoms with Crippen molar-refractivity contribution in [3.8, 4) is 0 Å². The molecule has 5 heteroatoms. The summed E-state index contributed by atoms with van der Waals surface area (Å²) >= 11 is 0. The van der Waals surface area contributed by atoms with Crippen LogP contribution in [0.4, 0.5) is 11.4 Å². The zero-order chi connectivity index (χ0) is 16.4. The summed E-state index contributed by atoms with van der Waals surface area (Å²) in [5, 5.41) is 2.89. The van der Waals surface area contributed by atoms with Gasteiger partial charge in [-0.15, -0.1) is 0 Å². The maximum absolute atomic E-state index is 12.5. The number of amides is 1. The number of nitrogens with zero attached hydrogens (tertiary/aromatic N) is 3. The van der Waals surface area contributed by atoms with Crippen LogP contribution in [0.5, 0.6) is 0 Å². The van der Waals surface area contributed by atoms with Gasteiger partial charge in [0.25, 0.3) is 5.91 Å². The lowest BCUT2D eigenvalue weighted by atomic mass is 10.1. The number of hydrogen-bond acceptors (Lipinski definition) is 4. The minimum Gasteiger partial charge on any atom is -0.372 e. The Hall–Kier alpha value is -2.43. The fourth-order valence-corrected chi connectivity index (χ4v) is 3.13. The number of benzene rings is 1. The highest BCUT2D eigenvalue weighted by Gasteiger charge is 2.22. The van der Waals surface area contributed by atoms with E-state index in [-0.39, 0.29) is 5.91 Å². The lowest BCUT2D eigenvalue weighted by Gasteiger charge is -2.18. The molecule has 1 aromatic carbocycles. The summed E-state index contributed by atoms with van der Waals surface area (Å²) < 4.78 is 0. The van der Waals surface area contributed by atoms with Crippen molar-refractivity contribution < 1.29 is 4.79 Å². The van der Waals surface area contributed by atoms with E-state index in [9.17, 15) is 4.79 Å². The van der Waals surface area contributed by atoms with E-state index < -0.39 is 0 Å². The largest absolute Gasteiger partial charge is 0.372 e. The third kappa shape index (κ3) is 3.55. The molecule has 0 unspecified atom stereocenters. The summed E-state index contributed by atoms with van der Waals surface area (Å²) in [4.78, 5) is 23.5. The lowest BCUT2D eigenvalue weighted by Crippen LogP contribution is -2.19. The van der Waals surface area contributed by atoms with Crippen molar-refractivity contribution in [2.45, 2.75) is 32.1 Å². The summed E-state index contributed by atoms with van der Waals surface area (Å²) in [7, 11) is 0. The highest BCUT2D eigenvalue weighted by Crippen LogP contribution is 2.31. The molecule has 1 saturated carbocycles. The standard InChI is InChI=1S/C19H22N4O/c24-19(15-4-3-5-17(11-15)23-8-1-2-9-23)22-16-12-20-18(21-13-16)10-14-6-7-14/h3-5,11-14H,1-2,6-10H2,(H,22,24). The first-order valence-corrected chi connectivity index (χ1v) is 8.75. The van der Waals surface area contributed by atoms with Gasteiger partial charge in [0, 0.05) is 30.8 Å². The summed E-state index contributed by atoms with van der Waals surface area (Å²) in [5.41, 5.74) is 2.43. The van der Waals surface area contributed by atoms with Gasteiger partial charge < -0.3 is 10.2 Å². The summed E-state index contributed by atoms with van der Waals surface area (Å²) in [6, 6.07) is 7.82. The van der Waals surface area contributed by atoms with E-state index in [0.717, 1.165) is 36.9 Å². The van der Waals surface area contributed by atoms with Gasteiger partial charge in [-0.1, -0.05) is 6.07 Å². The van der Waals surface area contributed by atoms with E-state index in [0.29, 0.717) is 11.3 Å². The van der Waals surface area contributed by atoms with Gasteiger partial charge in [-0.05, 0) is 49.8 Å².